The molecule has 0 radical (unpaired) electrons. The Hall–Kier alpha value is -3.67. The van der Waals surface area contributed by atoms with Gasteiger partial charge in [-0.25, -0.2) is 0 Å². The normalized spacial score (nSPS) is 12.7. The first kappa shape index (κ1) is 77.3. The SMILES string of the molecule is CC/C=C\C/C=C\C/C=C\C/C=C\C/C=C\CCCC(=O)OCC(COC(=O)CCCCCCCCCCCCC/C=C\C/C=C\CCCCCCC)OC(=O)CCCCCCCCCCCCC/C=C\CCCCCCCCCC. The van der Waals surface area contributed by atoms with Crippen LogP contribution in [-0.2, 0) is 28.6 Å². The van der Waals surface area contributed by atoms with Crippen molar-refractivity contribution in [2.24, 2.45) is 0 Å². The molecule has 0 N–H and O–H groups in total. The molecule has 0 aliphatic rings. The van der Waals surface area contributed by atoms with Crippen molar-refractivity contribution in [3.8, 4) is 0 Å². The molecule has 1 unspecified atom stereocenters. The Morgan fingerprint density at radius 3 is 0.815 bits per heavy atom. The van der Waals surface area contributed by atoms with E-state index >= 15 is 0 Å². The van der Waals surface area contributed by atoms with E-state index in [4.69, 9.17) is 14.2 Å². The molecule has 466 valence electrons. The van der Waals surface area contributed by atoms with Gasteiger partial charge < -0.3 is 14.2 Å². The van der Waals surface area contributed by atoms with E-state index in [2.05, 4.69) is 118 Å². The Kier molecular flexibility index (Phi) is 65.7. The van der Waals surface area contributed by atoms with Crippen LogP contribution in [0.2, 0.25) is 0 Å². The first-order chi connectivity index (χ1) is 40.0. The van der Waals surface area contributed by atoms with Crippen molar-refractivity contribution in [1.82, 2.24) is 0 Å². The lowest BCUT2D eigenvalue weighted by atomic mass is 10.0. The summed E-state index contributed by atoms with van der Waals surface area (Å²) < 4.78 is 16.9. The molecule has 0 bridgehead atoms. The number of unbranched alkanes of at least 4 members (excludes halogenated alkanes) is 36. The van der Waals surface area contributed by atoms with E-state index < -0.39 is 6.10 Å². The molecular weight excluding hydrogens is 997 g/mol. The number of allylic oxidation sites excluding steroid dienone is 16. The van der Waals surface area contributed by atoms with Gasteiger partial charge in [0.05, 0.1) is 0 Å². The second-order valence-corrected chi connectivity index (χ2v) is 23.1. The van der Waals surface area contributed by atoms with Crippen LogP contribution in [0, 0.1) is 0 Å². The predicted octanol–water partition coefficient (Wildman–Crippen LogP) is 24.0. The zero-order valence-corrected chi connectivity index (χ0v) is 53.5. The Morgan fingerprint density at radius 2 is 0.494 bits per heavy atom. The van der Waals surface area contributed by atoms with Gasteiger partial charge in [0.1, 0.15) is 13.2 Å². The highest BCUT2D eigenvalue weighted by atomic mass is 16.6. The molecule has 0 spiro atoms. The maximum atomic E-state index is 13.0. The Bertz CT molecular complexity index is 1580. The van der Waals surface area contributed by atoms with E-state index in [1.54, 1.807) is 0 Å². The molecule has 0 aliphatic heterocycles. The summed E-state index contributed by atoms with van der Waals surface area (Å²) in [4.78, 5) is 38.4. The van der Waals surface area contributed by atoms with Crippen molar-refractivity contribution in [3.63, 3.8) is 0 Å². The van der Waals surface area contributed by atoms with Gasteiger partial charge in [-0.1, -0.05) is 304 Å². The molecule has 6 heteroatoms. The van der Waals surface area contributed by atoms with Gasteiger partial charge in [0.25, 0.3) is 0 Å². The monoisotopic (exact) mass is 1130 g/mol. The summed E-state index contributed by atoms with van der Waals surface area (Å²) in [6.45, 7) is 6.51. The number of hydrogen-bond donors (Lipinski definition) is 0. The van der Waals surface area contributed by atoms with Crippen molar-refractivity contribution in [2.45, 2.75) is 348 Å². The number of esters is 3. The van der Waals surface area contributed by atoms with Gasteiger partial charge in [0, 0.05) is 19.3 Å². The number of carbonyl (C=O) groups excluding carboxylic acids is 3. The summed E-state index contributed by atoms with van der Waals surface area (Å²) in [5.74, 6) is -0.944. The molecule has 6 nitrogen and oxygen atoms in total. The molecule has 0 amide bonds. The highest BCUT2D eigenvalue weighted by Crippen LogP contribution is 2.17. The molecule has 81 heavy (non-hydrogen) atoms. The molecule has 0 rings (SSSR count). The average molecular weight is 1130 g/mol. The van der Waals surface area contributed by atoms with Crippen molar-refractivity contribution in [3.05, 3.63) is 97.2 Å². The van der Waals surface area contributed by atoms with Crippen molar-refractivity contribution >= 4 is 17.9 Å². The van der Waals surface area contributed by atoms with Gasteiger partial charge in [0.15, 0.2) is 6.10 Å². The van der Waals surface area contributed by atoms with Crippen LogP contribution in [0.25, 0.3) is 0 Å². The van der Waals surface area contributed by atoms with E-state index in [1.807, 2.05) is 0 Å². The van der Waals surface area contributed by atoms with Crippen molar-refractivity contribution in [1.29, 1.82) is 0 Å². The lowest BCUT2D eigenvalue weighted by Gasteiger charge is -2.18. The van der Waals surface area contributed by atoms with Crippen LogP contribution < -0.4 is 0 Å². The molecule has 0 aromatic carbocycles. The molecule has 0 aliphatic carbocycles. The van der Waals surface area contributed by atoms with Gasteiger partial charge in [-0.05, 0) is 116 Å². The number of hydrogen-bond acceptors (Lipinski definition) is 6. The zero-order chi connectivity index (χ0) is 58.5. The fourth-order valence-electron chi connectivity index (χ4n) is 9.86. The third-order valence-electron chi connectivity index (χ3n) is 15.0. The minimum Gasteiger partial charge on any atom is -0.462 e. The summed E-state index contributed by atoms with van der Waals surface area (Å²) in [7, 11) is 0. The maximum Gasteiger partial charge on any atom is 0.306 e. The third-order valence-corrected chi connectivity index (χ3v) is 15.0. The molecule has 0 fully saturated rings. The molecule has 0 aromatic rings. The standard InChI is InChI=1S/C75H130O6/c1-4-7-10-13-16-19-22-25-28-31-33-35-37-39-41-44-47-50-53-56-59-62-65-68-74(77)80-71-72(70-79-73(76)67-64-61-58-55-52-49-46-43-30-27-24-21-18-15-12-9-6-3)81-75(78)69-66-63-60-57-54-51-48-45-42-40-38-36-34-32-29-26-23-20-17-14-11-8-5-2/h9,12,18,21-22,25,27,30-34,46,49,55,58,72H,4-8,10-11,13-17,19-20,23-24,26,28-29,35-45,47-48,50-54,56-57,59-71H2,1-3H3/b12-9-,21-18-,25-22-,30-27-,33-31-,34-32-,49-46-,58-55-. The van der Waals surface area contributed by atoms with Crippen molar-refractivity contribution < 1.29 is 28.6 Å². The van der Waals surface area contributed by atoms with Gasteiger partial charge in [-0.3, -0.25) is 14.4 Å². The maximum absolute atomic E-state index is 13.0. The lowest BCUT2D eigenvalue weighted by molar-refractivity contribution is -0.167. The number of carbonyl (C=O) groups is 3. The fourth-order valence-corrected chi connectivity index (χ4v) is 9.86. The summed E-state index contributed by atoms with van der Waals surface area (Å²) in [5.41, 5.74) is 0. The van der Waals surface area contributed by atoms with Gasteiger partial charge in [0.2, 0.25) is 0 Å². The first-order valence-electron chi connectivity index (χ1n) is 34.7. The molecule has 1 atom stereocenters. The molecule has 0 aromatic heterocycles. The van der Waals surface area contributed by atoms with E-state index in [0.29, 0.717) is 19.3 Å². The van der Waals surface area contributed by atoms with Crippen LogP contribution >= 0.6 is 0 Å². The highest BCUT2D eigenvalue weighted by molar-refractivity contribution is 5.71. The smallest absolute Gasteiger partial charge is 0.306 e. The Labute approximate surface area is 502 Å². The van der Waals surface area contributed by atoms with E-state index in [1.165, 1.54) is 212 Å². The lowest BCUT2D eigenvalue weighted by Crippen LogP contribution is -2.30. The van der Waals surface area contributed by atoms with Crippen LogP contribution in [0.4, 0.5) is 0 Å². The third kappa shape index (κ3) is 67.0. The predicted molar refractivity (Wildman–Crippen MR) is 353 cm³/mol. The molecule has 0 heterocycles. The first-order valence-corrected chi connectivity index (χ1v) is 34.7. The minimum atomic E-state index is -0.804. The van der Waals surface area contributed by atoms with E-state index in [9.17, 15) is 14.4 Å². The topological polar surface area (TPSA) is 78.9 Å². The zero-order valence-electron chi connectivity index (χ0n) is 53.5. The summed E-state index contributed by atoms with van der Waals surface area (Å²) in [6, 6.07) is 0. The Balaban J connectivity index is 4.40. The fraction of sp³-hybridized carbons (Fsp3) is 0.747. The molecular formula is C75H130O6. The Morgan fingerprint density at radius 1 is 0.259 bits per heavy atom. The van der Waals surface area contributed by atoms with E-state index in [0.717, 1.165) is 83.5 Å². The highest BCUT2D eigenvalue weighted by Gasteiger charge is 2.19. The van der Waals surface area contributed by atoms with Crippen LogP contribution in [0.3, 0.4) is 0 Å². The van der Waals surface area contributed by atoms with Crippen LogP contribution in [0.1, 0.15) is 342 Å². The number of ether oxygens (including phenoxy) is 3. The largest absolute Gasteiger partial charge is 0.462 e. The van der Waals surface area contributed by atoms with E-state index in [-0.39, 0.29) is 37.5 Å². The second-order valence-electron chi connectivity index (χ2n) is 23.1. The van der Waals surface area contributed by atoms with Crippen LogP contribution in [0.15, 0.2) is 97.2 Å². The summed E-state index contributed by atoms with van der Waals surface area (Å²) >= 11 is 0. The summed E-state index contributed by atoms with van der Waals surface area (Å²) in [6.07, 6.45) is 92.9. The average Bonchev–Trinajstić information content (AvgIpc) is 3.47. The molecule has 0 saturated carbocycles. The minimum absolute atomic E-state index is 0.0952. The molecule has 0 saturated heterocycles. The quantitative estimate of drug-likeness (QED) is 0.0261. The van der Waals surface area contributed by atoms with Gasteiger partial charge >= 0.3 is 17.9 Å². The number of rotatable bonds is 63. The second kappa shape index (κ2) is 68.8. The summed E-state index contributed by atoms with van der Waals surface area (Å²) in [5, 5.41) is 0. The van der Waals surface area contributed by atoms with Crippen molar-refractivity contribution in [2.75, 3.05) is 13.2 Å². The van der Waals surface area contributed by atoms with Gasteiger partial charge in [-0.15, -0.1) is 0 Å². The van der Waals surface area contributed by atoms with Crippen LogP contribution in [0.5, 0.6) is 0 Å². The van der Waals surface area contributed by atoms with Gasteiger partial charge in [-0.2, -0.15) is 0 Å². The van der Waals surface area contributed by atoms with Crippen LogP contribution in [-0.4, -0.2) is 37.2 Å².